The Hall–Kier alpha value is -0.860. The zero-order valence-electron chi connectivity index (χ0n) is 16.3. The molecular weight excluding hydrogens is 458 g/mol. The van der Waals surface area contributed by atoms with Gasteiger partial charge in [0.1, 0.15) is 12.2 Å². The number of unbranched alkanes of at least 4 members (excludes halogenated alkanes) is 2. The van der Waals surface area contributed by atoms with Gasteiger partial charge in [0.05, 0.1) is 26.4 Å². The van der Waals surface area contributed by atoms with Crippen molar-refractivity contribution in [3.8, 4) is 0 Å². The topological polar surface area (TPSA) is 43.5 Å². The van der Waals surface area contributed by atoms with E-state index in [9.17, 15) is 43.9 Å². The van der Waals surface area contributed by atoms with Gasteiger partial charge in [0.15, 0.2) is 6.17 Å². The zero-order valence-corrected chi connectivity index (χ0v) is 16.3. The van der Waals surface area contributed by atoms with E-state index in [1.54, 1.807) is 6.92 Å². The summed E-state index contributed by atoms with van der Waals surface area (Å²) in [4.78, 5) is 0. The number of alkyl halides is 10. The number of hydrogen-bond acceptors (Lipinski definition) is 4. The molecule has 4 unspecified atom stereocenters. The summed E-state index contributed by atoms with van der Waals surface area (Å²) in [7, 11) is 0. The van der Waals surface area contributed by atoms with Crippen LogP contribution in [0.2, 0.25) is 0 Å². The third-order valence-electron chi connectivity index (χ3n) is 4.77. The van der Waals surface area contributed by atoms with Crippen molar-refractivity contribution in [2.75, 3.05) is 26.4 Å². The van der Waals surface area contributed by atoms with E-state index in [2.05, 4.69) is 18.9 Å². The fourth-order valence-corrected chi connectivity index (χ4v) is 2.55. The molecular formula is C17H22F10O4. The van der Waals surface area contributed by atoms with Crippen LogP contribution in [0.4, 0.5) is 43.9 Å². The molecule has 2 heterocycles. The van der Waals surface area contributed by atoms with Crippen LogP contribution in [-0.4, -0.2) is 74.5 Å². The molecule has 2 aliphatic heterocycles. The van der Waals surface area contributed by atoms with Crippen LogP contribution in [0.15, 0.2) is 0 Å². The Labute approximate surface area is 171 Å². The summed E-state index contributed by atoms with van der Waals surface area (Å²) in [6.45, 7) is -1.43. The third-order valence-corrected chi connectivity index (χ3v) is 4.77. The molecule has 2 rings (SSSR count). The van der Waals surface area contributed by atoms with Crippen LogP contribution >= 0.6 is 0 Å². The van der Waals surface area contributed by atoms with Gasteiger partial charge < -0.3 is 18.9 Å². The predicted octanol–water partition coefficient (Wildman–Crippen LogP) is 4.90. The van der Waals surface area contributed by atoms with Crippen LogP contribution in [0.25, 0.3) is 0 Å². The number of ether oxygens (including phenoxy) is 4. The van der Waals surface area contributed by atoms with Crippen molar-refractivity contribution in [3.63, 3.8) is 0 Å². The fraction of sp³-hybridized carbons (Fsp3) is 1.00. The summed E-state index contributed by atoms with van der Waals surface area (Å²) in [6.07, 6.45) is -13.1. The molecule has 2 saturated heterocycles. The van der Waals surface area contributed by atoms with E-state index < -0.39 is 67.7 Å². The van der Waals surface area contributed by atoms with E-state index in [1.165, 1.54) is 0 Å². The molecule has 184 valence electrons. The van der Waals surface area contributed by atoms with Crippen LogP contribution in [0, 0.1) is 0 Å². The van der Waals surface area contributed by atoms with Crippen LogP contribution in [0.1, 0.15) is 32.6 Å². The quantitative estimate of drug-likeness (QED) is 0.190. The number of rotatable bonds is 15. The van der Waals surface area contributed by atoms with Crippen molar-refractivity contribution >= 4 is 0 Å². The second-order valence-electron chi connectivity index (χ2n) is 7.38. The molecule has 4 nitrogen and oxygen atoms in total. The maximum absolute atomic E-state index is 14.9. The molecule has 0 spiro atoms. The van der Waals surface area contributed by atoms with Gasteiger partial charge in [0.2, 0.25) is 0 Å². The maximum atomic E-state index is 14.9. The van der Waals surface area contributed by atoms with Crippen LogP contribution in [0.3, 0.4) is 0 Å². The monoisotopic (exact) mass is 480 g/mol. The molecule has 0 aliphatic carbocycles. The summed E-state index contributed by atoms with van der Waals surface area (Å²) in [6, 6.07) is 0. The Morgan fingerprint density at radius 2 is 1.29 bits per heavy atom. The lowest BCUT2D eigenvalue weighted by molar-refractivity contribution is -0.476. The average molecular weight is 480 g/mol. The molecule has 0 aromatic rings. The molecule has 0 saturated carbocycles. The van der Waals surface area contributed by atoms with Gasteiger partial charge in [-0.25, -0.2) is 4.39 Å². The van der Waals surface area contributed by atoms with Gasteiger partial charge in [-0.1, -0.05) is 26.2 Å². The minimum atomic E-state index is -6.92. The Balaban J connectivity index is 2.33. The van der Waals surface area contributed by atoms with Crippen molar-refractivity contribution in [1.82, 2.24) is 0 Å². The van der Waals surface area contributed by atoms with Crippen molar-refractivity contribution in [1.29, 1.82) is 0 Å². The van der Waals surface area contributed by atoms with Crippen molar-refractivity contribution in [2.24, 2.45) is 0 Å². The largest absolute Gasteiger partial charge is 0.421 e. The molecule has 0 radical (unpaired) electrons. The first kappa shape index (κ1) is 26.4. The average Bonchev–Trinajstić information content (AvgIpc) is 3.58. The number of epoxide rings is 2. The van der Waals surface area contributed by atoms with Gasteiger partial charge in [-0.2, -0.15) is 39.5 Å². The zero-order chi connectivity index (χ0) is 23.7. The van der Waals surface area contributed by atoms with Gasteiger partial charge in [0.25, 0.3) is 0 Å². The summed E-state index contributed by atoms with van der Waals surface area (Å²) < 4.78 is 159. The minimum absolute atomic E-state index is 0.116. The van der Waals surface area contributed by atoms with E-state index in [1.807, 2.05) is 0 Å². The predicted molar refractivity (Wildman–Crippen MR) is 84.0 cm³/mol. The molecule has 0 aromatic carbocycles. The highest BCUT2D eigenvalue weighted by molar-refractivity contribution is 5.09. The second kappa shape index (κ2) is 9.18. The lowest BCUT2D eigenvalue weighted by Gasteiger charge is -2.43. The molecule has 0 amide bonds. The summed E-state index contributed by atoms with van der Waals surface area (Å²) in [5.74, 6) is -26.1. The molecule has 2 fully saturated rings. The first-order chi connectivity index (χ1) is 14.1. The highest BCUT2D eigenvalue weighted by Crippen LogP contribution is 2.58. The van der Waals surface area contributed by atoms with Crippen molar-refractivity contribution in [3.05, 3.63) is 0 Å². The summed E-state index contributed by atoms with van der Waals surface area (Å²) in [5, 5.41) is 0. The standard InChI is InChI=1S/C17H22F10O4/c1-2-3-4-5-12(18)13(19,20)14(21,22)15(23,24)16(25,30-8-10-6-28-10)17(26,27)31-9-11-7-29-11/h10-12H,2-9H2,1H3. The van der Waals surface area contributed by atoms with E-state index in [-0.39, 0.29) is 26.1 Å². The highest BCUT2D eigenvalue weighted by atomic mass is 19.4. The lowest BCUT2D eigenvalue weighted by atomic mass is 9.92. The highest BCUT2D eigenvalue weighted by Gasteiger charge is 2.88. The molecule has 0 aromatic heterocycles. The minimum Gasteiger partial charge on any atom is -0.371 e. The summed E-state index contributed by atoms with van der Waals surface area (Å²) in [5.41, 5.74) is 0. The smallest absolute Gasteiger partial charge is 0.371 e. The fourth-order valence-electron chi connectivity index (χ4n) is 2.55. The van der Waals surface area contributed by atoms with Crippen LogP contribution < -0.4 is 0 Å². The van der Waals surface area contributed by atoms with Gasteiger partial charge in [0, 0.05) is 0 Å². The second-order valence-corrected chi connectivity index (χ2v) is 7.38. The third kappa shape index (κ3) is 5.22. The van der Waals surface area contributed by atoms with Gasteiger partial charge >= 0.3 is 29.7 Å². The molecule has 0 bridgehead atoms. The van der Waals surface area contributed by atoms with Gasteiger partial charge in [-0.05, 0) is 6.42 Å². The molecule has 2 aliphatic rings. The van der Waals surface area contributed by atoms with Crippen LogP contribution in [-0.2, 0) is 18.9 Å². The first-order valence-corrected chi connectivity index (χ1v) is 9.49. The van der Waals surface area contributed by atoms with E-state index in [4.69, 9.17) is 0 Å². The number of hydrogen-bond donors (Lipinski definition) is 0. The molecule has 4 atom stereocenters. The maximum Gasteiger partial charge on any atom is 0.421 e. The van der Waals surface area contributed by atoms with Crippen molar-refractivity contribution in [2.45, 2.75) is 80.7 Å². The Bertz CT molecular complexity index is 597. The first-order valence-electron chi connectivity index (χ1n) is 9.49. The normalized spacial score (nSPS) is 25.3. The summed E-state index contributed by atoms with van der Waals surface area (Å²) >= 11 is 0. The van der Waals surface area contributed by atoms with E-state index in [0.717, 1.165) is 0 Å². The van der Waals surface area contributed by atoms with E-state index >= 15 is 0 Å². The van der Waals surface area contributed by atoms with Crippen molar-refractivity contribution < 1.29 is 62.9 Å². The Kier molecular flexibility index (Phi) is 7.81. The molecule has 14 heteroatoms. The Morgan fingerprint density at radius 3 is 1.74 bits per heavy atom. The Morgan fingerprint density at radius 1 is 0.806 bits per heavy atom. The lowest BCUT2D eigenvalue weighted by Crippen LogP contribution is -2.72. The van der Waals surface area contributed by atoms with E-state index in [0.29, 0.717) is 6.42 Å². The van der Waals surface area contributed by atoms with Crippen LogP contribution in [0.5, 0.6) is 0 Å². The SMILES string of the molecule is CCCCCC(F)C(F)(F)C(F)(F)C(F)(F)C(F)(OCC1CO1)C(F)(F)OCC1CO1. The van der Waals surface area contributed by atoms with Gasteiger partial charge in [-0.15, -0.1) is 0 Å². The van der Waals surface area contributed by atoms with Gasteiger partial charge in [-0.3, -0.25) is 0 Å². The molecule has 31 heavy (non-hydrogen) atoms. The molecule has 0 N–H and O–H groups in total. The number of halogens is 10.